The zero-order valence-corrected chi connectivity index (χ0v) is 30.6. The second kappa shape index (κ2) is 18.5. The highest BCUT2D eigenvalue weighted by molar-refractivity contribution is 8.03. The van der Waals surface area contributed by atoms with Crippen molar-refractivity contribution in [1.29, 1.82) is 0 Å². The van der Waals surface area contributed by atoms with E-state index in [1.54, 1.807) is 11.8 Å². The summed E-state index contributed by atoms with van der Waals surface area (Å²) < 4.78 is 2.32. The first-order chi connectivity index (χ1) is 23.5. The molecule has 256 valence electrons. The lowest BCUT2D eigenvalue weighted by atomic mass is 9.86. The number of carbonyl (C=O) groups excluding carboxylic acids is 1. The first kappa shape index (κ1) is 36.0. The van der Waals surface area contributed by atoms with E-state index in [4.69, 9.17) is 0 Å². The SMILES string of the molecule is CCCCCCCCCCCCN1C(=CC2=C(O)C(=Cc3cc[n+](CCCCCCCC)c4ccccc34)C2=O)Sc2ccc(C)cc21. The summed E-state index contributed by atoms with van der Waals surface area (Å²) >= 11 is 1.70. The number of Topliss-reactive ketones (excluding diaryl/α,β-unsaturated/α-hetero) is 1. The molecule has 0 radical (unpaired) electrons. The number of ketones is 1. The Kier molecular flexibility index (Phi) is 13.8. The van der Waals surface area contributed by atoms with Crippen LogP contribution >= 0.6 is 11.8 Å². The van der Waals surface area contributed by atoms with E-state index < -0.39 is 0 Å². The Labute approximate surface area is 294 Å². The molecule has 2 aliphatic rings. The van der Waals surface area contributed by atoms with Crippen LogP contribution in [0.25, 0.3) is 17.0 Å². The highest BCUT2D eigenvalue weighted by Gasteiger charge is 2.35. The summed E-state index contributed by atoms with van der Waals surface area (Å²) in [5.41, 5.74) is 5.40. The van der Waals surface area contributed by atoms with Crippen molar-refractivity contribution in [3.63, 3.8) is 0 Å². The third kappa shape index (κ3) is 9.22. The number of aliphatic hydroxyl groups is 1. The molecule has 48 heavy (non-hydrogen) atoms. The molecule has 2 heterocycles. The minimum absolute atomic E-state index is 0.0838. The van der Waals surface area contributed by atoms with Crippen molar-refractivity contribution in [2.75, 3.05) is 11.4 Å². The first-order valence-electron chi connectivity index (χ1n) is 18.9. The van der Waals surface area contributed by atoms with E-state index in [-0.39, 0.29) is 11.5 Å². The van der Waals surface area contributed by atoms with E-state index in [0.29, 0.717) is 11.1 Å². The molecule has 0 amide bonds. The van der Waals surface area contributed by atoms with Gasteiger partial charge in [0.05, 0.1) is 27.2 Å². The quantitative estimate of drug-likeness (QED) is 0.0741. The van der Waals surface area contributed by atoms with Gasteiger partial charge in [0.25, 0.3) is 0 Å². The third-order valence-electron chi connectivity index (χ3n) is 9.90. The maximum absolute atomic E-state index is 13.5. The van der Waals surface area contributed by atoms with Crippen molar-refractivity contribution in [3.05, 3.63) is 93.9 Å². The van der Waals surface area contributed by atoms with E-state index in [2.05, 4.69) is 78.9 Å². The second-order valence-electron chi connectivity index (χ2n) is 13.8. The number of benzene rings is 2. The van der Waals surface area contributed by atoms with Crippen molar-refractivity contribution in [1.82, 2.24) is 0 Å². The topological polar surface area (TPSA) is 44.4 Å². The van der Waals surface area contributed by atoms with Gasteiger partial charge in [-0.3, -0.25) is 4.79 Å². The van der Waals surface area contributed by atoms with Crippen LogP contribution in [0, 0.1) is 6.92 Å². The Balaban J connectivity index is 1.26. The minimum atomic E-state index is -0.0838. The number of aliphatic hydroxyl groups excluding tert-OH is 1. The molecule has 0 bridgehead atoms. The molecule has 5 rings (SSSR count). The van der Waals surface area contributed by atoms with Gasteiger partial charge in [-0.2, -0.15) is 4.57 Å². The first-order valence-corrected chi connectivity index (χ1v) is 19.7. The Hall–Kier alpha value is -3.31. The standard InChI is InChI=1S/C43H56N2O2S/c1-4-6-8-10-12-13-14-15-17-21-28-45-39-30-33(3)24-25-40(39)48-41(45)32-37-42(46)36(43(37)47)31-34-26-29-44(27-20-16-11-9-7-5-2)38-23-19-18-22-35(34)38/h18-19,22-26,29-32H,4-17,20-21,27-28H2,1-3H3/p+1. The summed E-state index contributed by atoms with van der Waals surface area (Å²) in [7, 11) is 0. The number of pyridine rings is 1. The summed E-state index contributed by atoms with van der Waals surface area (Å²) in [4.78, 5) is 17.1. The third-order valence-corrected chi connectivity index (χ3v) is 11.0. The summed E-state index contributed by atoms with van der Waals surface area (Å²) in [5, 5.41) is 13.3. The normalized spacial score (nSPS) is 16.1. The lowest BCUT2D eigenvalue weighted by Gasteiger charge is -2.24. The minimum Gasteiger partial charge on any atom is -0.506 e. The van der Waals surface area contributed by atoms with Gasteiger partial charge >= 0.3 is 0 Å². The average Bonchev–Trinajstić information content (AvgIpc) is 3.44. The number of thioether (sulfide) groups is 1. The van der Waals surface area contributed by atoms with Crippen LogP contribution in [0.3, 0.4) is 0 Å². The number of carbonyl (C=O) groups is 1. The predicted octanol–water partition coefficient (Wildman–Crippen LogP) is 11.9. The van der Waals surface area contributed by atoms with E-state index in [1.807, 2.05) is 18.2 Å². The van der Waals surface area contributed by atoms with Crippen molar-refractivity contribution in [2.24, 2.45) is 0 Å². The van der Waals surface area contributed by atoms with Gasteiger partial charge in [0, 0.05) is 30.0 Å². The molecule has 0 fully saturated rings. The maximum Gasteiger partial charge on any atom is 0.213 e. The Bertz CT molecular complexity index is 1630. The molecule has 0 atom stereocenters. The molecular formula is C43H57N2O2S+. The molecule has 1 N–H and O–H groups in total. The zero-order chi connectivity index (χ0) is 33.7. The van der Waals surface area contributed by atoms with Crippen LogP contribution in [-0.2, 0) is 11.3 Å². The Morgan fingerprint density at radius 1 is 0.771 bits per heavy atom. The number of aryl methyl sites for hydroxylation is 2. The van der Waals surface area contributed by atoms with Gasteiger partial charge in [0.15, 0.2) is 6.20 Å². The highest BCUT2D eigenvalue weighted by atomic mass is 32.2. The van der Waals surface area contributed by atoms with Gasteiger partial charge in [-0.25, -0.2) is 0 Å². The lowest BCUT2D eigenvalue weighted by Crippen LogP contribution is -2.34. The predicted molar refractivity (Wildman–Crippen MR) is 204 cm³/mol. The van der Waals surface area contributed by atoms with Crippen LogP contribution in [0.15, 0.2) is 87.6 Å². The molecule has 0 saturated carbocycles. The number of rotatable bonds is 20. The van der Waals surface area contributed by atoms with Gasteiger partial charge < -0.3 is 10.0 Å². The molecule has 1 aliphatic heterocycles. The van der Waals surface area contributed by atoms with Crippen LogP contribution in [-0.4, -0.2) is 17.4 Å². The largest absolute Gasteiger partial charge is 0.506 e. The molecule has 3 aromatic rings. The van der Waals surface area contributed by atoms with Crippen molar-refractivity contribution in [2.45, 2.75) is 135 Å². The summed E-state index contributed by atoms with van der Waals surface area (Å²) in [6, 6.07) is 17.1. The Morgan fingerprint density at radius 3 is 2.10 bits per heavy atom. The number of allylic oxidation sites excluding steroid dienone is 3. The van der Waals surface area contributed by atoms with Crippen molar-refractivity contribution in [3.8, 4) is 0 Å². The lowest BCUT2D eigenvalue weighted by molar-refractivity contribution is -0.671. The number of hydrogen-bond acceptors (Lipinski definition) is 4. The Morgan fingerprint density at radius 2 is 1.42 bits per heavy atom. The number of unbranched alkanes of at least 4 members (excludes halogenated alkanes) is 14. The van der Waals surface area contributed by atoms with Crippen LogP contribution in [0.5, 0.6) is 0 Å². The summed E-state index contributed by atoms with van der Waals surface area (Å²) in [5.74, 6) is 0.0199. The van der Waals surface area contributed by atoms with Gasteiger partial charge in [-0.05, 0) is 61.2 Å². The molecule has 2 aromatic carbocycles. The monoisotopic (exact) mass is 665 g/mol. The van der Waals surface area contributed by atoms with Crippen LogP contribution in [0.2, 0.25) is 0 Å². The number of anilines is 1. The molecule has 5 heteroatoms. The number of nitrogens with zero attached hydrogens (tertiary/aromatic N) is 2. The zero-order valence-electron chi connectivity index (χ0n) is 29.7. The number of hydrogen-bond donors (Lipinski definition) is 1. The molecule has 0 spiro atoms. The van der Waals surface area contributed by atoms with Gasteiger partial charge in [0.2, 0.25) is 11.3 Å². The van der Waals surface area contributed by atoms with E-state index >= 15 is 0 Å². The molecule has 0 unspecified atom stereocenters. The summed E-state index contributed by atoms with van der Waals surface area (Å²) in [6.45, 7) is 8.57. The van der Waals surface area contributed by atoms with Crippen molar-refractivity contribution >= 4 is 40.2 Å². The molecule has 1 aliphatic carbocycles. The average molecular weight is 666 g/mol. The van der Waals surface area contributed by atoms with Gasteiger partial charge in [-0.15, -0.1) is 0 Å². The van der Waals surface area contributed by atoms with Crippen molar-refractivity contribution < 1.29 is 14.5 Å². The van der Waals surface area contributed by atoms with E-state index in [9.17, 15) is 9.90 Å². The van der Waals surface area contributed by atoms with Gasteiger partial charge in [-0.1, -0.05) is 127 Å². The van der Waals surface area contributed by atoms with Gasteiger partial charge in [0.1, 0.15) is 12.3 Å². The number of aromatic nitrogens is 1. The fourth-order valence-electron chi connectivity index (χ4n) is 6.99. The molecule has 0 saturated heterocycles. The van der Waals surface area contributed by atoms with Crippen LogP contribution in [0.1, 0.15) is 128 Å². The van der Waals surface area contributed by atoms with E-state index in [0.717, 1.165) is 47.4 Å². The summed E-state index contributed by atoms with van der Waals surface area (Å²) in [6.07, 6.45) is 26.6. The highest BCUT2D eigenvalue weighted by Crippen LogP contribution is 2.48. The molecular weight excluding hydrogens is 609 g/mol. The second-order valence-corrected chi connectivity index (χ2v) is 14.9. The number of para-hydroxylation sites is 1. The molecule has 1 aromatic heterocycles. The smallest absolute Gasteiger partial charge is 0.213 e. The fraction of sp³-hybridized carbons (Fsp3) is 0.488. The van der Waals surface area contributed by atoms with E-state index in [1.165, 1.54) is 106 Å². The maximum atomic E-state index is 13.5. The number of fused-ring (bicyclic) bond motifs is 2. The van der Waals surface area contributed by atoms with Crippen LogP contribution in [0.4, 0.5) is 5.69 Å². The van der Waals surface area contributed by atoms with Crippen LogP contribution < -0.4 is 9.47 Å². The molecule has 4 nitrogen and oxygen atoms in total. The fourth-order valence-corrected chi connectivity index (χ4v) is 8.10.